The minimum absolute atomic E-state index is 0.0818. The van der Waals surface area contributed by atoms with Crippen molar-refractivity contribution in [3.05, 3.63) is 22.6 Å². The quantitative estimate of drug-likeness (QED) is 0.438. The average molecular weight is 373 g/mol. The first kappa shape index (κ1) is 17.1. The van der Waals surface area contributed by atoms with Crippen LogP contribution < -0.4 is 11.3 Å². The van der Waals surface area contributed by atoms with Crippen LogP contribution in [0.25, 0.3) is 11.0 Å². The van der Waals surface area contributed by atoms with Gasteiger partial charge in [-0.05, 0) is 24.6 Å². The number of rotatable bonds is 2. The normalized spacial score (nSPS) is 31.0. The van der Waals surface area contributed by atoms with Crippen LogP contribution in [0.4, 0.5) is 5.95 Å². The predicted octanol–water partition coefficient (Wildman–Crippen LogP) is 0.123. The fourth-order valence-electron chi connectivity index (χ4n) is 2.81. The predicted molar refractivity (Wildman–Crippen MR) is 88.6 cm³/mol. The van der Waals surface area contributed by atoms with Crippen molar-refractivity contribution in [3.63, 3.8) is 0 Å². The van der Waals surface area contributed by atoms with Gasteiger partial charge in [-0.1, -0.05) is 17.5 Å². The number of nitrogens with zero attached hydrogens (tertiary/aromatic N) is 2. The number of hydrogen-bond donors (Lipinski definition) is 4. The standard InChI is InChI=1S/C14H14Cl2N4O4/c1-6(21)8-9(22)14(16,3-4-15)12(24-8)20-5-2-7-10(20)18-13(17)19-11(7)23/h2,5-6,8-9,12,21-22H,1H3,(H3,17,18,19,23)/t6-,8+,9-,12+,14?/m0/s1. The summed E-state index contributed by atoms with van der Waals surface area (Å²) in [5.41, 5.74) is 5.37. The molecule has 0 aliphatic carbocycles. The molecule has 2 aromatic rings. The number of alkyl halides is 1. The lowest BCUT2D eigenvalue weighted by atomic mass is 9.97. The number of aromatic nitrogens is 3. The zero-order valence-electron chi connectivity index (χ0n) is 12.4. The summed E-state index contributed by atoms with van der Waals surface area (Å²) < 4.78 is 7.14. The molecule has 10 heteroatoms. The van der Waals surface area contributed by atoms with Crippen molar-refractivity contribution >= 4 is 40.2 Å². The molecule has 0 aromatic carbocycles. The number of ether oxygens (including phenoxy) is 1. The van der Waals surface area contributed by atoms with Crippen molar-refractivity contribution in [1.29, 1.82) is 0 Å². The Kier molecular flexibility index (Phi) is 4.23. The first-order chi connectivity index (χ1) is 11.3. The van der Waals surface area contributed by atoms with E-state index in [1.54, 1.807) is 0 Å². The lowest BCUT2D eigenvalue weighted by Crippen LogP contribution is -2.43. The fraction of sp³-hybridized carbons (Fsp3) is 0.429. The molecule has 0 bridgehead atoms. The maximum Gasteiger partial charge on any atom is 0.261 e. The van der Waals surface area contributed by atoms with Gasteiger partial charge in [0.1, 0.15) is 12.2 Å². The van der Waals surface area contributed by atoms with Crippen LogP contribution >= 0.6 is 23.2 Å². The Labute approximate surface area is 146 Å². The molecule has 1 fully saturated rings. The minimum Gasteiger partial charge on any atom is -0.391 e. The third kappa shape index (κ3) is 2.46. The Balaban J connectivity index is 2.20. The zero-order valence-corrected chi connectivity index (χ0v) is 13.9. The highest BCUT2D eigenvalue weighted by molar-refractivity contribution is 6.32. The van der Waals surface area contributed by atoms with Crippen molar-refractivity contribution in [1.82, 2.24) is 14.5 Å². The number of nitrogen functional groups attached to an aromatic ring is 1. The molecule has 0 spiro atoms. The summed E-state index contributed by atoms with van der Waals surface area (Å²) in [6, 6.07) is 1.51. The van der Waals surface area contributed by atoms with Crippen LogP contribution in [-0.2, 0) is 4.74 Å². The van der Waals surface area contributed by atoms with Gasteiger partial charge < -0.3 is 25.3 Å². The van der Waals surface area contributed by atoms with Crippen LogP contribution in [0, 0.1) is 11.3 Å². The van der Waals surface area contributed by atoms with Gasteiger partial charge in [-0.15, -0.1) is 0 Å². The van der Waals surface area contributed by atoms with Gasteiger partial charge in [0.25, 0.3) is 5.56 Å². The molecule has 1 unspecified atom stereocenters. The molecular formula is C14H14Cl2N4O4. The molecule has 3 rings (SSSR count). The monoisotopic (exact) mass is 372 g/mol. The van der Waals surface area contributed by atoms with Crippen molar-refractivity contribution < 1.29 is 14.9 Å². The highest BCUT2D eigenvalue weighted by Crippen LogP contribution is 2.45. The summed E-state index contributed by atoms with van der Waals surface area (Å²) in [5, 5.41) is 22.7. The van der Waals surface area contributed by atoms with Gasteiger partial charge in [0, 0.05) is 11.6 Å². The van der Waals surface area contributed by atoms with E-state index < -0.39 is 35.0 Å². The van der Waals surface area contributed by atoms with Gasteiger partial charge in [0.2, 0.25) is 5.95 Å². The molecule has 0 radical (unpaired) electrons. The SMILES string of the molecule is C[C@H](O)[C@H]1O[C@@H](n2ccc3c(=O)[nH]c(N)nc32)C(Cl)(C#CCl)[C@H]1O. The number of aromatic amines is 1. The number of halogens is 2. The Bertz CT molecular complexity index is 900. The lowest BCUT2D eigenvalue weighted by molar-refractivity contribution is -0.0751. The van der Waals surface area contributed by atoms with Gasteiger partial charge in [0.15, 0.2) is 16.7 Å². The maximum absolute atomic E-state index is 12.0. The number of H-pyrrole nitrogens is 1. The topological polar surface area (TPSA) is 126 Å². The van der Waals surface area contributed by atoms with Crippen LogP contribution in [-0.4, -0.2) is 47.9 Å². The molecule has 8 nitrogen and oxygen atoms in total. The van der Waals surface area contributed by atoms with Gasteiger partial charge in [0.05, 0.1) is 11.5 Å². The zero-order chi connectivity index (χ0) is 17.6. The second kappa shape index (κ2) is 5.95. The third-order valence-electron chi connectivity index (χ3n) is 3.95. The van der Waals surface area contributed by atoms with Crippen LogP contribution in [0.3, 0.4) is 0 Å². The smallest absolute Gasteiger partial charge is 0.261 e. The Morgan fingerprint density at radius 1 is 1.62 bits per heavy atom. The van der Waals surface area contributed by atoms with Crippen LogP contribution in [0.1, 0.15) is 13.2 Å². The Morgan fingerprint density at radius 3 is 2.96 bits per heavy atom. The van der Waals surface area contributed by atoms with Gasteiger partial charge in [-0.3, -0.25) is 9.78 Å². The first-order valence-corrected chi connectivity index (χ1v) is 7.75. The van der Waals surface area contributed by atoms with Gasteiger partial charge in [-0.25, -0.2) is 0 Å². The average Bonchev–Trinajstić information content (AvgIpc) is 3.00. The summed E-state index contributed by atoms with van der Waals surface area (Å²) in [5.74, 6) is 2.43. The first-order valence-electron chi connectivity index (χ1n) is 6.99. The van der Waals surface area contributed by atoms with Crippen molar-refractivity contribution in [2.75, 3.05) is 5.73 Å². The summed E-state index contributed by atoms with van der Waals surface area (Å²) in [7, 11) is 0. The minimum atomic E-state index is -1.64. The fourth-order valence-corrected chi connectivity index (χ4v) is 3.34. The third-order valence-corrected chi connectivity index (χ3v) is 4.55. The summed E-state index contributed by atoms with van der Waals surface area (Å²) in [6.45, 7) is 1.45. The van der Waals surface area contributed by atoms with Crippen LogP contribution in [0.2, 0.25) is 0 Å². The number of hydrogen-bond acceptors (Lipinski definition) is 6. The Morgan fingerprint density at radius 2 is 2.33 bits per heavy atom. The second-order valence-electron chi connectivity index (χ2n) is 5.54. The molecule has 128 valence electrons. The van der Waals surface area contributed by atoms with E-state index in [1.165, 1.54) is 23.8 Å². The Hall–Kier alpha value is -1.76. The molecule has 5 N–H and O–H groups in total. The van der Waals surface area contributed by atoms with E-state index in [4.69, 9.17) is 33.7 Å². The summed E-state index contributed by atoms with van der Waals surface area (Å²) >= 11 is 12.0. The number of aliphatic hydroxyl groups is 2. The molecule has 1 aliphatic rings. The van der Waals surface area contributed by atoms with Crippen molar-refractivity contribution in [3.8, 4) is 11.3 Å². The molecule has 2 aromatic heterocycles. The van der Waals surface area contributed by atoms with E-state index >= 15 is 0 Å². The number of aliphatic hydroxyl groups excluding tert-OH is 2. The highest BCUT2D eigenvalue weighted by atomic mass is 35.5. The highest BCUT2D eigenvalue weighted by Gasteiger charge is 2.57. The lowest BCUT2D eigenvalue weighted by Gasteiger charge is -2.25. The largest absolute Gasteiger partial charge is 0.391 e. The van der Waals surface area contributed by atoms with E-state index in [0.29, 0.717) is 0 Å². The van der Waals surface area contributed by atoms with E-state index in [-0.39, 0.29) is 17.0 Å². The molecule has 0 saturated carbocycles. The number of anilines is 1. The van der Waals surface area contributed by atoms with E-state index in [9.17, 15) is 15.0 Å². The van der Waals surface area contributed by atoms with Crippen LogP contribution in [0.5, 0.6) is 0 Å². The molecule has 1 aliphatic heterocycles. The van der Waals surface area contributed by atoms with Crippen LogP contribution in [0.15, 0.2) is 17.1 Å². The van der Waals surface area contributed by atoms with Crippen molar-refractivity contribution in [2.24, 2.45) is 0 Å². The molecule has 24 heavy (non-hydrogen) atoms. The second-order valence-corrected chi connectivity index (χ2v) is 6.35. The van der Waals surface area contributed by atoms with E-state index in [2.05, 4.69) is 21.3 Å². The van der Waals surface area contributed by atoms with E-state index in [1.807, 2.05) is 0 Å². The van der Waals surface area contributed by atoms with E-state index in [0.717, 1.165) is 0 Å². The molecule has 5 atom stereocenters. The summed E-state index contributed by atoms with van der Waals surface area (Å²) in [6.07, 6.45) is -2.87. The number of nitrogens with two attached hydrogens (primary N) is 1. The molecule has 1 saturated heterocycles. The summed E-state index contributed by atoms with van der Waals surface area (Å²) in [4.78, 5) is 16.8. The molecule has 0 amide bonds. The van der Waals surface area contributed by atoms with Gasteiger partial charge >= 0.3 is 0 Å². The maximum atomic E-state index is 12.0. The molecule has 3 heterocycles. The van der Waals surface area contributed by atoms with Crippen molar-refractivity contribution in [2.45, 2.75) is 36.3 Å². The van der Waals surface area contributed by atoms with Gasteiger partial charge in [-0.2, -0.15) is 4.98 Å². The number of fused-ring (bicyclic) bond motifs is 1. The molecular weight excluding hydrogens is 359 g/mol. The number of nitrogens with one attached hydrogen (secondary N) is 1.